The van der Waals surface area contributed by atoms with Crippen LogP contribution in [0.25, 0.3) is 0 Å². The molecule has 2 aromatic rings. The Balaban J connectivity index is 1.77. The fraction of sp³-hybridized carbons (Fsp3) is 0.312. The number of hydrogen-bond donors (Lipinski definition) is 1. The Kier molecular flexibility index (Phi) is 3.32. The van der Waals surface area contributed by atoms with Crippen molar-refractivity contribution in [3.63, 3.8) is 0 Å². The summed E-state index contributed by atoms with van der Waals surface area (Å²) in [6.45, 7) is 1.90. The van der Waals surface area contributed by atoms with Gasteiger partial charge in [0.1, 0.15) is 17.7 Å². The van der Waals surface area contributed by atoms with Gasteiger partial charge >= 0.3 is 0 Å². The van der Waals surface area contributed by atoms with Crippen LogP contribution < -0.4 is 5.32 Å². The summed E-state index contributed by atoms with van der Waals surface area (Å²) >= 11 is 0. The third-order valence-corrected chi connectivity index (χ3v) is 3.71. The van der Waals surface area contributed by atoms with Crippen LogP contribution in [-0.4, -0.2) is 23.9 Å². The molecule has 4 nitrogen and oxygen atoms in total. The van der Waals surface area contributed by atoms with Crippen molar-refractivity contribution in [2.45, 2.75) is 25.6 Å². The molecule has 1 saturated heterocycles. The first-order valence-electron chi connectivity index (χ1n) is 6.78. The largest absolute Gasteiger partial charge is 0.463 e. The molecule has 1 aromatic heterocycles. The van der Waals surface area contributed by atoms with Crippen molar-refractivity contribution in [2.75, 3.05) is 7.05 Å². The van der Waals surface area contributed by atoms with E-state index in [1.165, 1.54) is 0 Å². The lowest BCUT2D eigenvalue weighted by Gasteiger charge is -2.16. The molecule has 1 N–H and O–H groups in total. The Hall–Kier alpha value is -2.07. The van der Waals surface area contributed by atoms with Gasteiger partial charge in [0.2, 0.25) is 5.91 Å². The van der Waals surface area contributed by atoms with E-state index in [9.17, 15) is 4.79 Å². The number of aryl methyl sites for hydroxylation is 1. The quantitative estimate of drug-likeness (QED) is 0.930. The van der Waals surface area contributed by atoms with E-state index in [0.29, 0.717) is 6.42 Å². The second-order valence-electron chi connectivity index (χ2n) is 5.21. The Morgan fingerprint density at radius 2 is 1.95 bits per heavy atom. The maximum absolute atomic E-state index is 12.3. The van der Waals surface area contributed by atoms with Gasteiger partial charge in [0.15, 0.2) is 0 Å². The molecule has 2 atom stereocenters. The first kappa shape index (κ1) is 12.9. The van der Waals surface area contributed by atoms with Gasteiger partial charge in [-0.3, -0.25) is 10.1 Å². The Morgan fingerprint density at radius 3 is 2.60 bits per heavy atom. The van der Waals surface area contributed by atoms with E-state index >= 15 is 0 Å². The van der Waals surface area contributed by atoms with Crippen LogP contribution in [0.1, 0.15) is 23.2 Å². The summed E-state index contributed by atoms with van der Waals surface area (Å²) in [5.74, 6) is 1.75. The van der Waals surface area contributed by atoms with E-state index in [-0.39, 0.29) is 18.1 Å². The molecule has 2 heterocycles. The van der Waals surface area contributed by atoms with Gasteiger partial charge in [-0.05, 0) is 31.0 Å². The molecular formula is C16H18N2O2. The average molecular weight is 270 g/mol. The fourth-order valence-corrected chi connectivity index (χ4v) is 2.62. The molecular weight excluding hydrogens is 252 g/mol. The second kappa shape index (κ2) is 5.13. The summed E-state index contributed by atoms with van der Waals surface area (Å²) < 4.78 is 5.63. The highest BCUT2D eigenvalue weighted by atomic mass is 16.3. The highest BCUT2D eigenvalue weighted by Crippen LogP contribution is 2.26. The number of nitrogens with zero attached hydrogens (tertiary/aromatic N) is 1. The van der Waals surface area contributed by atoms with Crippen molar-refractivity contribution >= 4 is 5.91 Å². The third-order valence-electron chi connectivity index (χ3n) is 3.71. The molecule has 0 spiro atoms. The fourth-order valence-electron chi connectivity index (χ4n) is 2.62. The van der Waals surface area contributed by atoms with Crippen LogP contribution in [0.15, 0.2) is 46.9 Å². The lowest BCUT2D eigenvalue weighted by molar-refractivity contribution is -0.129. The number of nitrogens with one attached hydrogen (secondary N) is 1. The van der Waals surface area contributed by atoms with E-state index < -0.39 is 0 Å². The van der Waals surface area contributed by atoms with Gasteiger partial charge in [-0.1, -0.05) is 30.3 Å². The SMILES string of the molecule is Cc1ccc(C2N[C@@H](Cc3ccccc3)C(=O)N2C)o1. The zero-order valence-corrected chi connectivity index (χ0v) is 11.7. The Morgan fingerprint density at radius 1 is 1.20 bits per heavy atom. The molecule has 1 unspecified atom stereocenters. The lowest BCUT2D eigenvalue weighted by atomic mass is 10.1. The van der Waals surface area contributed by atoms with E-state index in [0.717, 1.165) is 17.1 Å². The molecule has 1 aliphatic rings. The highest BCUT2D eigenvalue weighted by Gasteiger charge is 2.38. The lowest BCUT2D eigenvalue weighted by Crippen LogP contribution is -2.31. The highest BCUT2D eigenvalue weighted by molar-refractivity contribution is 5.84. The van der Waals surface area contributed by atoms with Gasteiger partial charge in [0.05, 0.1) is 6.04 Å². The van der Waals surface area contributed by atoms with E-state index in [2.05, 4.69) is 5.32 Å². The molecule has 0 aliphatic carbocycles. The normalized spacial score (nSPS) is 22.5. The summed E-state index contributed by atoms with van der Waals surface area (Å²) in [5, 5.41) is 3.35. The van der Waals surface area contributed by atoms with Gasteiger partial charge in [-0.15, -0.1) is 0 Å². The number of benzene rings is 1. The van der Waals surface area contributed by atoms with Crippen LogP contribution in [0.2, 0.25) is 0 Å². The van der Waals surface area contributed by atoms with Crippen molar-refractivity contribution in [3.8, 4) is 0 Å². The minimum atomic E-state index is -0.196. The van der Waals surface area contributed by atoms with Gasteiger partial charge < -0.3 is 9.32 Å². The molecule has 0 saturated carbocycles. The van der Waals surface area contributed by atoms with Crippen LogP contribution in [0.5, 0.6) is 0 Å². The van der Waals surface area contributed by atoms with Crippen LogP contribution in [-0.2, 0) is 11.2 Å². The number of furan rings is 1. The molecule has 0 radical (unpaired) electrons. The molecule has 104 valence electrons. The number of carbonyl (C=O) groups is 1. The molecule has 1 amide bonds. The van der Waals surface area contributed by atoms with Gasteiger partial charge in [-0.25, -0.2) is 0 Å². The van der Waals surface area contributed by atoms with Gasteiger partial charge in [0.25, 0.3) is 0 Å². The molecule has 1 fully saturated rings. The number of carbonyl (C=O) groups excluding carboxylic acids is 1. The number of rotatable bonds is 3. The first-order chi connectivity index (χ1) is 9.65. The van der Waals surface area contributed by atoms with E-state index in [1.807, 2.05) is 56.4 Å². The maximum Gasteiger partial charge on any atom is 0.241 e. The molecule has 20 heavy (non-hydrogen) atoms. The summed E-state index contributed by atoms with van der Waals surface area (Å²) in [5.41, 5.74) is 1.16. The van der Waals surface area contributed by atoms with Crippen molar-refractivity contribution in [2.24, 2.45) is 0 Å². The topological polar surface area (TPSA) is 45.5 Å². The summed E-state index contributed by atoms with van der Waals surface area (Å²) in [6, 6.07) is 13.7. The molecule has 0 bridgehead atoms. The van der Waals surface area contributed by atoms with Gasteiger partial charge in [0, 0.05) is 7.05 Å². The van der Waals surface area contributed by atoms with Gasteiger partial charge in [-0.2, -0.15) is 0 Å². The minimum absolute atomic E-state index is 0.105. The number of likely N-dealkylation sites (N-methyl/N-ethyl adjacent to an activating group) is 1. The number of hydrogen-bond acceptors (Lipinski definition) is 3. The van der Waals surface area contributed by atoms with Crippen LogP contribution in [0.4, 0.5) is 0 Å². The zero-order chi connectivity index (χ0) is 14.1. The molecule has 3 rings (SSSR count). The van der Waals surface area contributed by atoms with Crippen molar-refractivity contribution in [1.82, 2.24) is 10.2 Å². The van der Waals surface area contributed by atoms with Crippen LogP contribution in [0.3, 0.4) is 0 Å². The maximum atomic E-state index is 12.3. The van der Waals surface area contributed by atoms with Crippen LogP contribution >= 0.6 is 0 Å². The first-order valence-corrected chi connectivity index (χ1v) is 6.78. The predicted molar refractivity (Wildman–Crippen MR) is 76.0 cm³/mol. The molecule has 1 aromatic carbocycles. The van der Waals surface area contributed by atoms with E-state index in [1.54, 1.807) is 4.90 Å². The monoisotopic (exact) mass is 270 g/mol. The molecule has 1 aliphatic heterocycles. The summed E-state index contributed by atoms with van der Waals surface area (Å²) in [7, 11) is 1.81. The minimum Gasteiger partial charge on any atom is -0.463 e. The summed E-state index contributed by atoms with van der Waals surface area (Å²) in [6.07, 6.45) is 0.519. The second-order valence-corrected chi connectivity index (χ2v) is 5.21. The Bertz CT molecular complexity index is 606. The average Bonchev–Trinajstić information content (AvgIpc) is 2.99. The number of amides is 1. The summed E-state index contributed by atoms with van der Waals surface area (Å²) in [4.78, 5) is 14.0. The van der Waals surface area contributed by atoms with Crippen molar-refractivity contribution < 1.29 is 9.21 Å². The van der Waals surface area contributed by atoms with E-state index in [4.69, 9.17) is 4.42 Å². The molecule has 4 heteroatoms. The Labute approximate surface area is 118 Å². The smallest absolute Gasteiger partial charge is 0.241 e. The predicted octanol–water partition coefficient (Wildman–Crippen LogP) is 2.26. The third kappa shape index (κ3) is 2.34. The zero-order valence-electron chi connectivity index (χ0n) is 11.7. The van der Waals surface area contributed by atoms with Crippen molar-refractivity contribution in [1.29, 1.82) is 0 Å². The standard InChI is InChI=1S/C16H18N2O2/c1-11-8-9-14(20-11)15-17-13(16(19)18(15)2)10-12-6-4-3-5-7-12/h3-9,13,15,17H,10H2,1-2H3/t13-,15?/m0/s1. The van der Waals surface area contributed by atoms with Crippen molar-refractivity contribution in [3.05, 3.63) is 59.5 Å². The van der Waals surface area contributed by atoms with Crippen LogP contribution in [0, 0.1) is 6.92 Å².